The van der Waals surface area contributed by atoms with Crippen LogP contribution in [0.5, 0.6) is 0 Å². The van der Waals surface area contributed by atoms with Gasteiger partial charge in [-0.25, -0.2) is 4.79 Å². The number of nitrogens with one attached hydrogen (secondary N) is 2. The Labute approximate surface area is 154 Å². The highest BCUT2D eigenvalue weighted by Gasteiger charge is 2.58. The number of alkyl halides is 3. The van der Waals surface area contributed by atoms with Crippen LogP contribution in [0.3, 0.4) is 0 Å². The summed E-state index contributed by atoms with van der Waals surface area (Å²) >= 11 is 0.201. The molecule has 1 saturated heterocycles. The molecule has 2 heterocycles. The van der Waals surface area contributed by atoms with Crippen LogP contribution in [-0.2, 0) is 15.8 Å². The first-order chi connectivity index (χ1) is 12.8. The van der Waals surface area contributed by atoms with E-state index in [1.165, 1.54) is 0 Å². The molecular weight excluding hydrogens is 387 g/mol. The second kappa shape index (κ2) is 6.29. The topological polar surface area (TPSA) is 104 Å². The number of carbonyl (C=O) groups is 3. The van der Waals surface area contributed by atoms with E-state index in [4.69, 9.17) is 0 Å². The van der Waals surface area contributed by atoms with E-state index in [1.54, 1.807) is 0 Å². The lowest BCUT2D eigenvalue weighted by Gasteiger charge is -2.17. The maximum Gasteiger partial charge on any atom is 0.445 e. The highest BCUT2D eigenvalue weighted by Crippen LogP contribution is 2.52. The van der Waals surface area contributed by atoms with Crippen molar-refractivity contribution in [3.8, 4) is 0 Å². The summed E-state index contributed by atoms with van der Waals surface area (Å²) in [6, 6.07) is -0.791. The molecule has 27 heavy (non-hydrogen) atoms. The standard InChI is InChI=1S/C15H14F3N5O3S/c16-15(17,18)12-21-22-14(27-12)20-13(26)19-3-4-23-10(24)8-6-1-2-7(5-6)9(8)11(23)25/h1-2,6-9H,3-5H2,(H2,19,20,22,26)/t6-,7-,8-,9+/m0/s1. The number of aromatic nitrogens is 2. The SMILES string of the molecule is O=C(NCCN1C(=O)[C@@H]2[C@H](C1=O)[C@H]1C=C[C@H]2C1)Nc1nnc(C(F)(F)F)s1. The minimum atomic E-state index is -4.63. The molecule has 1 aromatic heterocycles. The molecule has 2 N–H and O–H groups in total. The number of likely N-dealkylation sites (tertiary alicyclic amines) is 1. The van der Waals surface area contributed by atoms with Crippen LogP contribution in [0.4, 0.5) is 23.1 Å². The molecule has 0 spiro atoms. The summed E-state index contributed by atoms with van der Waals surface area (Å²) < 4.78 is 37.3. The van der Waals surface area contributed by atoms with Crippen molar-refractivity contribution >= 4 is 34.3 Å². The third kappa shape index (κ3) is 3.07. The number of carbonyl (C=O) groups excluding carboxylic acids is 3. The van der Waals surface area contributed by atoms with Gasteiger partial charge in [-0.3, -0.25) is 19.8 Å². The number of rotatable bonds is 4. The Hall–Kier alpha value is -2.50. The Morgan fingerprint density at radius 1 is 1.19 bits per heavy atom. The second-order valence-corrected chi connectivity index (χ2v) is 7.60. The lowest BCUT2D eigenvalue weighted by Crippen LogP contribution is -2.40. The monoisotopic (exact) mass is 401 g/mol. The van der Waals surface area contributed by atoms with Gasteiger partial charge < -0.3 is 5.32 Å². The summed E-state index contributed by atoms with van der Waals surface area (Å²) in [5.41, 5.74) is 0. The third-order valence-corrected chi connectivity index (χ3v) is 5.95. The largest absolute Gasteiger partial charge is 0.445 e. The summed E-state index contributed by atoms with van der Waals surface area (Å²) in [5, 5.41) is 9.27. The Morgan fingerprint density at radius 2 is 1.81 bits per heavy atom. The average Bonchev–Trinajstić information content (AvgIpc) is 3.34. The summed E-state index contributed by atoms with van der Waals surface area (Å²) in [5.74, 6) is -0.825. The zero-order valence-corrected chi connectivity index (χ0v) is 14.5. The van der Waals surface area contributed by atoms with Gasteiger partial charge in [0.1, 0.15) is 0 Å². The Morgan fingerprint density at radius 3 is 2.37 bits per heavy atom. The highest BCUT2D eigenvalue weighted by molar-refractivity contribution is 7.15. The predicted octanol–water partition coefficient (Wildman–Crippen LogP) is 1.49. The van der Waals surface area contributed by atoms with E-state index in [2.05, 4.69) is 20.8 Å². The third-order valence-electron chi connectivity index (χ3n) is 5.07. The molecule has 0 unspecified atom stereocenters. The van der Waals surface area contributed by atoms with Gasteiger partial charge in [-0.1, -0.05) is 23.5 Å². The normalized spacial score (nSPS) is 28.8. The lowest BCUT2D eigenvalue weighted by molar-refractivity contribution is -0.141. The average molecular weight is 401 g/mol. The second-order valence-electron chi connectivity index (χ2n) is 6.62. The minimum absolute atomic E-state index is 0.0153. The van der Waals surface area contributed by atoms with Crippen molar-refractivity contribution in [1.82, 2.24) is 20.4 Å². The molecule has 1 aromatic rings. The first-order valence-electron chi connectivity index (χ1n) is 8.25. The van der Waals surface area contributed by atoms with Crippen molar-refractivity contribution in [2.45, 2.75) is 12.6 Å². The quantitative estimate of drug-likeness (QED) is 0.588. The van der Waals surface area contributed by atoms with Crippen molar-refractivity contribution in [2.75, 3.05) is 18.4 Å². The molecule has 144 valence electrons. The van der Waals surface area contributed by atoms with Crippen LogP contribution in [0.25, 0.3) is 0 Å². The summed E-state index contributed by atoms with van der Waals surface area (Å²) in [7, 11) is 0. The van der Waals surface area contributed by atoms with Gasteiger partial charge in [-0.05, 0) is 18.3 Å². The fourth-order valence-corrected chi connectivity index (χ4v) is 4.60. The van der Waals surface area contributed by atoms with Crippen molar-refractivity contribution in [1.29, 1.82) is 0 Å². The summed E-state index contributed by atoms with van der Waals surface area (Å²) in [6.07, 6.45) is 0.187. The number of nitrogens with zero attached hydrogens (tertiary/aromatic N) is 3. The number of amides is 4. The van der Waals surface area contributed by atoms with Gasteiger partial charge in [0, 0.05) is 13.1 Å². The van der Waals surface area contributed by atoms with E-state index in [0.717, 1.165) is 11.3 Å². The fraction of sp³-hybridized carbons (Fsp3) is 0.533. The van der Waals surface area contributed by atoms with Crippen molar-refractivity contribution in [3.63, 3.8) is 0 Å². The molecule has 4 atom stereocenters. The molecule has 4 rings (SSSR count). The van der Waals surface area contributed by atoms with Crippen molar-refractivity contribution in [2.24, 2.45) is 23.7 Å². The smallest absolute Gasteiger partial charge is 0.336 e. The zero-order valence-electron chi connectivity index (χ0n) is 13.7. The maximum atomic E-state index is 12.5. The molecule has 2 bridgehead atoms. The van der Waals surface area contributed by atoms with Crippen molar-refractivity contribution < 1.29 is 27.6 Å². The number of imide groups is 1. The fourth-order valence-electron chi connectivity index (χ4n) is 4.00. The van der Waals surface area contributed by atoms with Crippen LogP contribution in [-0.4, -0.2) is 46.0 Å². The van der Waals surface area contributed by atoms with E-state index in [-0.39, 0.29) is 65.0 Å². The van der Waals surface area contributed by atoms with Crippen LogP contribution in [0.2, 0.25) is 0 Å². The number of hydrogen-bond donors (Lipinski definition) is 2. The summed E-state index contributed by atoms with van der Waals surface area (Å²) in [4.78, 5) is 37.9. The van der Waals surface area contributed by atoms with Gasteiger partial charge in [0.05, 0.1) is 11.8 Å². The number of allylic oxidation sites excluding steroid dienone is 2. The van der Waals surface area contributed by atoms with Gasteiger partial charge >= 0.3 is 12.2 Å². The van der Waals surface area contributed by atoms with Gasteiger partial charge in [0.2, 0.25) is 22.0 Å². The van der Waals surface area contributed by atoms with Gasteiger partial charge in [-0.2, -0.15) is 13.2 Å². The number of fused-ring (bicyclic) bond motifs is 5. The van der Waals surface area contributed by atoms with Crippen LogP contribution >= 0.6 is 11.3 Å². The molecule has 2 fully saturated rings. The Kier molecular flexibility index (Phi) is 4.17. The number of anilines is 1. The maximum absolute atomic E-state index is 12.5. The number of halogens is 3. The van der Waals surface area contributed by atoms with E-state index in [1.807, 2.05) is 12.2 Å². The molecule has 12 heteroatoms. The molecule has 1 saturated carbocycles. The predicted molar refractivity (Wildman–Crippen MR) is 86.4 cm³/mol. The lowest BCUT2D eigenvalue weighted by atomic mass is 9.85. The van der Waals surface area contributed by atoms with Crippen LogP contribution < -0.4 is 10.6 Å². The van der Waals surface area contributed by atoms with Crippen LogP contribution in [0.1, 0.15) is 11.4 Å². The molecular formula is C15H14F3N5O3S. The van der Waals surface area contributed by atoms with Crippen LogP contribution in [0, 0.1) is 23.7 Å². The first-order valence-corrected chi connectivity index (χ1v) is 9.06. The molecule has 3 aliphatic rings. The molecule has 0 radical (unpaired) electrons. The Bertz CT molecular complexity index is 809. The molecule has 8 nitrogen and oxygen atoms in total. The van der Waals surface area contributed by atoms with Gasteiger partial charge in [0.15, 0.2) is 0 Å². The van der Waals surface area contributed by atoms with Crippen LogP contribution in [0.15, 0.2) is 12.2 Å². The molecule has 0 aromatic carbocycles. The number of urea groups is 1. The highest BCUT2D eigenvalue weighted by atomic mass is 32.1. The number of hydrogen-bond acceptors (Lipinski definition) is 6. The zero-order chi connectivity index (χ0) is 19.3. The molecule has 4 amide bonds. The van der Waals surface area contributed by atoms with Gasteiger partial charge in [-0.15, -0.1) is 10.2 Å². The van der Waals surface area contributed by atoms with E-state index in [9.17, 15) is 27.6 Å². The molecule has 1 aliphatic heterocycles. The minimum Gasteiger partial charge on any atom is -0.336 e. The Balaban J connectivity index is 1.28. The molecule has 2 aliphatic carbocycles. The van der Waals surface area contributed by atoms with Gasteiger partial charge in [0.25, 0.3) is 0 Å². The van der Waals surface area contributed by atoms with Crippen molar-refractivity contribution in [3.05, 3.63) is 17.2 Å². The summed E-state index contributed by atoms with van der Waals surface area (Å²) in [6.45, 7) is -0.00209. The van der Waals surface area contributed by atoms with E-state index in [0.29, 0.717) is 0 Å². The van der Waals surface area contributed by atoms with E-state index < -0.39 is 17.2 Å². The van der Waals surface area contributed by atoms with E-state index >= 15 is 0 Å². The first kappa shape index (κ1) is 17.9.